The van der Waals surface area contributed by atoms with Crippen molar-refractivity contribution in [3.8, 4) is 0 Å². The molecule has 2 unspecified atom stereocenters. The third kappa shape index (κ3) is 2.19. The molecule has 0 radical (unpaired) electrons. The van der Waals surface area contributed by atoms with E-state index in [0.29, 0.717) is 0 Å². The Balaban J connectivity index is 2.37. The number of alkyl halides is 1. The third-order valence-electron chi connectivity index (χ3n) is 2.95. The Morgan fingerprint density at radius 3 is 2.62 bits per heavy atom. The van der Waals surface area contributed by atoms with Crippen molar-refractivity contribution in [2.75, 3.05) is 20.1 Å². The summed E-state index contributed by atoms with van der Waals surface area (Å²) in [7, 11) is 1.42. The predicted octanol–water partition coefficient (Wildman–Crippen LogP) is 2.99. The van der Waals surface area contributed by atoms with Crippen molar-refractivity contribution in [3.05, 3.63) is 39.8 Å². The first-order chi connectivity index (χ1) is 7.31. The molecular weight excluding hydrogens is 236 g/mol. The maximum atomic E-state index is 14.5. The molecule has 88 valence electrons. The van der Waals surface area contributed by atoms with E-state index in [-0.39, 0.29) is 30.1 Å². The second-order valence-electron chi connectivity index (χ2n) is 4.55. The largest absolute Gasteiger partial charge is 0.633 e. The van der Waals surface area contributed by atoms with Gasteiger partial charge in [0.25, 0.3) is 0 Å². The molecule has 0 bridgehead atoms. The van der Waals surface area contributed by atoms with Crippen LogP contribution in [0.15, 0.2) is 18.2 Å². The maximum Gasteiger partial charge on any atom is 0.190 e. The lowest BCUT2D eigenvalue weighted by molar-refractivity contribution is -0.850. The second-order valence-corrected chi connectivity index (χ2v) is 4.99. The number of nitrogens with zero attached hydrogens (tertiary/aromatic N) is 1. The fourth-order valence-corrected chi connectivity index (χ4v) is 2.37. The normalized spacial score (nSPS) is 34.3. The molecule has 0 saturated carbocycles. The lowest BCUT2D eigenvalue weighted by Crippen LogP contribution is -2.37. The topological polar surface area (TPSA) is 23.1 Å². The first-order valence-corrected chi connectivity index (χ1v) is 5.40. The molecule has 16 heavy (non-hydrogen) atoms. The summed E-state index contributed by atoms with van der Waals surface area (Å²) in [6, 6.07) is 3.61. The second kappa shape index (κ2) is 3.65. The Hall–Kier alpha value is -0.710. The van der Waals surface area contributed by atoms with Gasteiger partial charge in [-0.2, -0.15) is 0 Å². The average Bonchev–Trinajstić information content (AvgIpc) is 2.40. The van der Waals surface area contributed by atoms with Crippen LogP contribution < -0.4 is 0 Å². The summed E-state index contributed by atoms with van der Waals surface area (Å²) in [6.45, 7) is 0.0113. The summed E-state index contributed by atoms with van der Waals surface area (Å²) in [5.41, 5.74) is -1.60. The Bertz CT molecular complexity index is 404. The van der Waals surface area contributed by atoms with Gasteiger partial charge in [-0.1, -0.05) is 11.6 Å². The zero-order valence-electron chi connectivity index (χ0n) is 8.84. The molecule has 0 N–H and O–H groups in total. The Kier molecular flexibility index (Phi) is 2.69. The van der Waals surface area contributed by atoms with E-state index in [1.165, 1.54) is 13.1 Å². The van der Waals surface area contributed by atoms with Gasteiger partial charge in [-0.25, -0.2) is 8.78 Å². The minimum Gasteiger partial charge on any atom is -0.633 e. The number of hydrogen-bond acceptors (Lipinski definition) is 1. The molecule has 1 heterocycles. The van der Waals surface area contributed by atoms with Gasteiger partial charge in [0, 0.05) is 11.4 Å². The van der Waals surface area contributed by atoms with Crippen LogP contribution in [0.2, 0.25) is 5.02 Å². The molecule has 0 aliphatic carbocycles. The van der Waals surface area contributed by atoms with E-state index in [1.807, 2.05) is 0 Å². The molecule has 1 aliphatic heterocycles. The molecule has 1 aliphatic rings. The van der Waals surface area contributed by atoms with Crippen LogP contribution in [0.1, 0.15) is 12.0 Å². The molecule has 2 atom stereocenters. The van der Waals surface area contributed by atoms with Gasteiger partial charge in [0.15, 0.2) is 5.67 Å². The summed E-state index contributed by atoms with van der Waals surface area (Å²) in [6.07, 6.45) is 0.104. The van der Waals surface area contributed by atoms with Crippen molar-refractivity contribution in [1.29, 1.82) is 0 Å². The molecule has 2 rings (SSSR count). The SMILES string of the molecule is C[N+]1([O-])CCC(F)(c2cc(F)cc(Cl)c2)C1. The molecule has 1 aromatic carbocycles. The molecule has 1 saturated heterocycles. The highest BCUT2D eigenvalue weighted by molar-refractivity contribution is 6.30. The molecule has 1 aromatic rings. The van der Waals surface area contributed by atoms with E-state index in [9.17, 15) is 14.0 Å². The minimum atomic E-state index is -1.76. The van der Waals surface area contributed by atoms with Gasteiger partial charge in [-0.15, -0.1) is 0 Å². The van der Waals surface area contributed by atoms with E-state index in [4.69, 9.17) is 11.6 Å². The van der Waals surface area contributed by atoms with Crippen molar-refractivity contribution in [3.63, 3.8) is 0 Å². The number of hydroxylamine groups is 3. The zero-order valence-corrected chi connectivity index (χ0v) is 9.60. The highest BCUT2D eigenvalue weighted by atomic mass is 35.5. The Labute approximate surface area is 97.6 Å². The van der Waals surface area contributed by atoms with E-state index < -0.39 is 16.1 Å². The fraction of sp³-hybridized carbons (Fsp3) is 0.455. The number of halogens is 3. The molecule has 0 spiro atoms. The summed E-state index contributed by atoms with van der Waals surface area (Å²) in [5, 5.41) is 11.8. The Morgan fingerprint density at radius 2 is 2.12 bits per heavy atom. The van der Waals surface area contributed by atoms with Gasteiger partial charge >= 0.3 is 0 Å². The summed E-state index contributed by atoms with van der Waals surface area (Å²) >= 11 is 5.67. The number of quaternary nitrogens is 1. The van der Waals surface area contributed by atoms with Gasteiger partial charge in [-0.3, -0.25) is 0 Å². The van der Waals surface area contributed by atoms with Crippen molar-refractivity contribution in [1.82, 2.24) is 0 Å². The van der Waals surface area contributed by atoms with Crippen molar-refractivity contribution >= 4 is 11.6 Å². The smallest absolute Gasteiger partial charge is 0.190 e. The fourth-order valence-electron chi connectivity index (χ4n) is 2.15. The third-order valence-corrected chi connectivity index (χ3v) is 3.16. The molecule has 0 aromatic heterocycles. The number of hydrogen-bond donors (Lipinski definition) is 0. The van der Waals surface area contributed by atoms with Crippen LogP contribution in [-0.4, -0.2) is 24.8 Å². The van der Waals surface area contributed by atoms with Crippen LogP contribution in [0.5, 0.6) is 0 Å². The van der Waals surface area contributed by atoms with Crippen molar-refractivity contribution in [2.45, 2.75) is 12.1 Å². The number of likely N-dealkylation sites (N-methyl/N-ethyl adjacent to an activating group) is 1. The maximum absolute atomic E-state index is 14.5. The van der Waals surface area contributed by atoms with Crippen molar-refractivity contribution in [2.24, 2.45) is 0 Å². The Morgan fingerprint density at radius 1 is 1.44 bits per heavy atom. The molecular formula is C11H12ClF2NO. The predicted molar refractivity (Wildman–Crippen MR) is 58.1 cm³/mol. The minimum absolute atomic E-state index is 0.104. The quantitative estimate of drug-likeness (QED) is 0.553. The first kappa shape index (κ1) is 11.8. The zero-order chi connectivity index (χ0) is 12.0. The first-order valence-electron chi connectivity index (χ1n) is 5.02. The van der Waals surface area contributed by atoms with Gasteiger partial charge in [0.05, 0.1) is 13.6 Å². The van der Waals surface area contributed by atoms with Crippen LogP contribution in [0.25, 0.3) is 0 Å². The van der Waals surface area contributed by atoms with E-state index >= 15 is 0 Å². The van der Waals surface area contributed by atoms with E-state index in [1.54, 1.807) is 0 Å². The highest BCUT2D eigenvalue weighted by Gasteiger charge is 2.45. The standard InChI is InChI=1S/C11H12ClF2NO/c1-15(16)3-2-11(14,7-15)8-4-9(12)6-10(13)5-8/h4-6H,2-3,7H2,1H3. The van der Waals surface area contributed by atoms with E-state index in [0.717, 1.165) is 12.1 Å². The number of likely N-dealkylation sites (tertiary alicyclic amines) is 1. The average molecular weight is 248 g/mol. The monoisotopic (exact) mass is 247 g/mol. The van der Waals surface area contributed by atoms with Crippen LogP contribution >= 0.6 is 11.6 Å². The lowest BCUT2D eigenvalue weighted by Gasteiger charge is -2.34. The summed E-state index contributed by atoms with van der Waals surface area (Å²) in [5.74, 6) is -0.577. The van der Waals surface area contributed by atoms with Gasteiger partial charge in [0.2, 0.25) is 0 Å². The van der Waals surface area contributed by atoms with Gasteiger partial charge in [0.1, 0.15) is 12.4 Å². The molecule has 2 nitrogen and oxygen atoms in total. The van der Waals surface area contributed by atoms with Crippen molar-refractivity contribution < 1.29 is 13.4 Å². The van der Waals surface area contributed by atoms with Crippen LogP contribution in [0, 0.1) is 11.0 Å². The highest BCUT2D eigenvalue weighted by Crippen LogP contribution is 2.39. The summed E-state index contributed by atoms with van der Waals surface area (Å²) < 4.78 is 26.9. The summed E-state index contributed by atoms with van der Waals surface area (Å²) in [4.78, 5) is 0. The number of rotatable bonds is 1. The van der Waals surface area contributed by atoms with Gasteiger partial charge < -0.3 is 9.85 Å². The van der Waals surface area contributed by atoms with Crippen LogP contribution in [-0.2, 0) is 5.67 Å². The molecule has 0 amide bonds. The van der Waals surface area contributed by atoms with Crippen LogP contribution in [0.4, 0.5) is 8.78 Å². The molecule has 1 fully saturated rings. The van der Waals surface area contributed by atoms with Crippen LogP contribution in [0.3, 0.4) is 0 Å². The number of benzene rings is 1. The van der Waals surface area contributed by atoms with Gasteiger partial charge in [-0.05, 0) is 23.8 Å². The molecule has 5 heteroatoms. The lowest BCUT2D eigenvalue weighted by atomic mass is 9.95. The van der Waals surface area contributed by atoms with E-state index in [2.05, 4.69) is 0 Å².